The number of nitrogens with one attached hydrogen (secondary N) is 1. The van der Waals surface area contributed by atoms with Gasteiger partial charge >= 0.3 is 0 Å². The predicted molar refractivity (Wildman–Crippen MR) is 93.8 cm³/mol. The van der Waals surface area contributed by atoms with Gasteiger partial charge in [0.15, 0.2) is 6.10 Å². The van der Waals surface area contributed by atoms with Gasteiger partial charge in [-0.2, -0.15) is 0 Å². The maximum atomic E-state index is 12.3. The molecule has 2 rings (SSSR count). The standard InChI is InChI=1S/C18H20BrNO3/c1-12(16-6-4-5-7-17(16)22-3)20-18(21)13(2)23-15-10-8-14(19)9-11-15/h4-13H,1-3H3,(H,20,21)/t12-,13+/m1/s1. The van der Waals surface area contributed by atoms with Crippen LogP contribution < -0.4 is 14.8 Å². The zero-order valence-corrected chi connectivity index (χ0v) is 15.0. The fourth-order valence-electron chi connectivity index (χ4n) is 2.20. The summed E-state index contributed by atoms with van der Waals surface area (Å²) in [4.78, 5) is 12.3. The van der Waals surface area contributed by atoms with Crippen LogP contribution in [0.5, 0.6) is 11.5 Å². The Kier molecular flexibility index (Phi) is 6.04. The molecule has 23 heavy (non-hydrogen) atoms. The van der Waals surface area contributed by atoms with Crippen molar-refractivity contribution >= 4 is 21.8 Å². The lowest BCUT2D eigenvalue weighted by molar-refractivity contribution is -0.127. The first-order valence-corrected chi connectivity index (χ1v) is 8.16. The molecule has 0 aliphatic carbocycles. The van der Waals surface area contributed by atoms with Crippen LogP contribution in [0.25, 0.3) is 0 Å². The summed E-state index contributed by atoms with van der Waals surface area (Å²) < 4.78 is 12.0. The Labute approximate surface area is 144 Å². The third-order valence-electron chi connectivity index (χ3n) is 3.46. The number of hydrogen-bond donors (Lipinski definition) is 1. The highest BCUT2D eigenvalue weighted by Gasteiger charge is 2.19. The Morgan fingerprint density at radius 2 is 1.74 bits per heavy atom. The molecular formula is C18H20BrNO3. The lowest BCUT2D eigenvalue weighted by atomic mass is 10.1. The molecule has 0 saturated carbocycles. The maximum Gasteiger partial charge on any atom is 0.261 e. The molecule has 0 saturated heterocycles. The molecule has 0 fully saturated rings. The fraction of sp³-hybridized carbons (Fsp3) is 0.278. The third-order valence-corrected chi connectivity index (χ3v) is 3.99. The zero-order chi connectivity index (χ0) is 16.8. The highest BCUT2D eigenvalue weighted by atomic mass is 79.9. The minimum atomic E-state index is -0.590. The number of carbonyl (C=O) groups excluding carboxylic acids is 1. The summed E-state index contributed by atoms with van der Waals surface area (Å²) in [5, 5.41) is 2.95. The highest BCUT2D eigenvalue weighted by Crippen LogP contribution is 2.24. The van der Waals surface area contributed by atoms with E-state index in [0.717, 1.165) is 15.8 Å². The number of hydrogen-bond acceptors (Lipinski definition) is 3. The maximum absolute atomic E-state index is 12.3. The molecule has 2 aromatic carbocycles. The minimum Gasteiger partial charge on any atom is -0.496 e. The van der Waals surface area contributed by atoms with Crippen LogP contribution in [0.1, 0.15) is 25.5 Å². The minimum absolute atomic E-state index is 0.172. The van der Waals surface area contributed by atoms with Crippen molar-refractivity contribution in [1.29, 1.82) is 0 Å². The molecule has 4 nitrogen and oxygen atoms in total. The molecular weight excluding hydrogens is 358 g/mol. The third kappa shape index (κ3) is 4.73. The molecule has 0 radical (unpaired) electrons. The molecule has 122 valence electrons. The number of amides is 1. The van der Waals surface area contributed by atoms with Crippen LogP contribution >= 0.6 is 15.9 Å². The van der Waals surface area contributed by atoms with Crippen molar-refractivity contribution in [3.8, 4) is 11.5 Å². The van der Waals surface area contributed by atoms with Gasteiger partial charge in [-0.05, 0) is 44.2 Å². The summed E-state index contributed by atoms with van der Waals surface area (Å²) in [6.45, 7) is 3.65. The van der Waals surface area contributed by atoms with E-state index in [1.54, 1.807) is 14.0 Å². The second-order valence-electron chi connectivity index (χ2n) is 5.19. The quantitative estimate of drug-likeness (QED) is 0.823. The predicted octanol–water partition coefficient (Wildman–Crippen LogP) is 4.10. The highest BCUT2D eigenvalue weighted by molar-refractivity contribution is 9.10. The van der Waals surface area contributed by atoms with Crippen LogP contribution in [0, 0.1) is 0 Å². The first-order valence-electron chi connectivity index (χ1n) is 7.36. The number of halogens is 1. The molecule has 5 heteroatoms. The molecule has 0 heterocycles. The summed E-state index contributed by atoms with van der Waals surface area (Å²) in [6.07, 6.45) is -0.590. The number of benzene rings is 2. The van der Waals surface area contributed by atoms with E-state index in [4.69, 9.17) is 9.47 Å². The summed E-state index contributed by atoms with van der Waals surface area (Å²) in [5.74, 6) is 1.23. The SMILES string of the molecule is COc1ccccc1[C@@H](C)NC(=O)[C@H](C)Oc1ccc(Br)cc1. The largest absolute Gasteiger partial charge is 0.496 e. The van der Waals surface area contributed by atoms with Gasteiger partial charge in [0.05, 0.1) is 13.2 Å². The van der Waals surface area contributed by atoms with E-state index in [0.29, 0.717) is 5.75 Å². The Morgan fingerprint density at radius 3 is 2.39 bits per heavy atom. The fourth-order valence-corrected chi connectivity index (χ4v) is 2.47. The molecule has 0 aliphatic heterocycles. The van der Waals surface area contributed by atoms with Crippen LogP contribution in [0.4, 0.5) is 0 Å². The zero-order valence-electron chi connectivity index (χ0n) is 13.4. The van der Waals surface area contributed by atoms with Gasteiger partial charge in [-0.25, -0.2) is 0 Å². The number of ether oxygens (including phenoxy) is 2. The molecule has 0 aliphatic rings. The second kappa shape index (κ2) is 8.02. The number of rotatable bonds is 6. The van der Waals surface area contributed by atoms with E-state index in [2.05, 4.69) is 21.2 Å². The Bertz CT molecular complexity index is 658. The van der Waals surface area contributed by atoms with Crippen molar-refractivity contribution in [3.63, 3.8) is 0 Å². The smallest absolute Gasteiger partial charge is 0.261 e. The van der Waals surface area contributed by atoms with Crippen molar-refractivity contribution in [2.75, 3.05) is 7.11 Å². The molecule has 1 N–H and O–H groups in total. The van der Waals surface area contributed by atoms with Crippen LogP contribution in [0.15, 0.2) is 53.0 Å². The van der Waals surface area contributed by atoms with Crippen LogP contribution in [0.3, 0.4) is 0 Å². The lowest BCUT2D eigenvalue weighted by Gasteiger charge is -2.20. The molecule has 0 spiro atoms. The van der Waals surface area contributed by atoms with E-state index in [-0.39, 0.29) is 11.9 Å². The van der Waals surface area contributed by atoms with Crippen molar-refractivity contribution in [3.05, 3.63) is 58.6 Å². The van der Waals surface area contributed by atoms with Crippen molar-refractivity contribution < 1.29 is 14.3 Å². The summed E-state index contributed by atoms with van der Waals surface area (Å²) in [6, 6.07) is 14.8. The topological polar surface area (TPSA) is 47.6 Å². The van der Waals surface area contributed by atoms with Crippen LogP contribution in [-0.2, 0) is 4.79 Å². The molecule has 1 amide bonds. The van der Waals surface area contributed by atoms with Gasteiger partial charge in [-0.15, -0.1) is 0 Å². The average Bonchev–Trinajstić information content (AvgIpc) is 2.56. The number of methoxy groups -OCH3 is 1. The van der Waals surface area contributed by atoms with Crippen molar-refractivity contribution in [2.45, 2.75) is 26.0 Å². The summed E-state index contributed by atoms with van der Waals surface area (Å²) in [5.41, 5.74) is 0.930. The Morgan fingerprint density at radius 1 is 1.09 bits per heavy atom. The Hall–Kier alpha value is -2.01. The second-order valence-corrected chi connectivity index (χ2v) is 6.10. The molecule has 0 aromatic heterocycles. The summed E-state index contributed by atoms with van der Waals surface area (Å²) >= 11 is 3.37. The van der Waals surface area contributed by atoms with E-state index < -0.39 is 6.10 Å². The van der Waals surface area contributed by atoms with Gasteiger partial charge in [-0.1, -0.05) is 34.1 Å². The van der Waals surface area contributed by atoms with Gasteiger partial charge < -0.3 is 14.8 Å². The van der Waals surface area contributed by atoms with Gasteiger partial charge in [-0.3, -0.25) is 4.79 Å². The monoisotopic (exact) mass is 377 g/mol. The van der Waals surface area contributed by atoms with Crippen molar-refractivity contribution in [2.24, 2.45) is 0 Å². The van der Waals surface area contributed by atoms with E-state index in [1.807, 2.05) is 55.5 Å². The molecule has 2 atom stereocenters. The van der Waals surface area contributed by atoms with Crippen LogP contribution in [-0.4, -0.2) is 19.1 Å². The van der Waals surface area contributed by atoms with E-state index >= 15 is 0 Å². The van der Waals surface area contributed by atoms with Gasteiger partial charge in [0.25, 0.3) is 5.91 Å². The van der Waals surface area contributed by atoms with Crippen molar-refractivity contribution in [1.82, 2.24) is 5.32 Å². The lowest BCUT2D eigenvalue weighted by Crippen LogP contribution is -2.37. The van der Waals surface area contributed by atoms with E-state index in [1.165, 1.54) is 0 Å². The normalized spacial score (nSPS) is 13.0. The Balaban J connectivity index is 1.98. The van der Waals surface area contributed by atoms with Crippen LogP contribution in [0.2, 0.25) is 0 Å². The molecule has 2 aromatic rings. The molecule has 0 bridgehead atoms. The molecule has 0 unspecified atom stereocenters. The van der Waals surface area contributed by atoms with Gasteiger partial charge in [0, 0.05) is 10.0 Å². The first kappa shape index (κ1) is 17.3. The number of para-hydroxylation sites is 1. The number of carbonyl (C=O) groups is 1. The summed E-state index contributed by atoms with van der Waals surface area (Å²) in [7, 11) is 1.62. The van der Waals surface area contributed by atoms with Gasteiger partial charge in [0.2, 0.25) is 0 Å². The first-order chi connectivity index (χ1) is 11.0. The van der Waals surface area contributed by atoms with Gasteiger partial charge in [0.1, 0.15) is 11.5 Å². The van der Waals surface area contributed by atoms with E-state index in [9.17, 15) is 4.79 Å². The average molecular weight is 378 g/mol.